The van der Waals surface area contributed by atoms with Crippen LogP contribution in [0.5, 0.6) is 0 Å². The van der Waals surface area contributed by atoms with E-state index in [4.69, 9.17) is 5.84 Å². The number of amides is 1. The fourth-order valence-corrected chi connectivity index (χ4v) is 2.47. The minimum absolute atomic E-state index is 0.261. The van der Waals surface area contributed by atoms with Gasteiger partial charge in [0.05, 0.1) is 0 Å². The molecule has 0 aliphatic heterocycles. The van der Waals surface area contributed by atoms with Crippen LogP contribution in [0.2, 0.25) is 0 Å². The number of nitrogen functional groups attached to an aromatic ring is 1. The summed E-state index contributed by atoms with van der Waals surface area (Å²) in [6, 6.07) is 15.7. The zero-order chi connectivity index (χ0) is 15.2. The van der Waals surface area contributed by atoms with E-state index in [0.29, 0.717) is 12.1 Å². The second-order valence-electron chi connectivity index (χ2n) is 4.93. The van der Waals surface area contributed by atoms with E-state index in [1.165, 1.54) is 5.56 Å². The van der Waals surface area contributed by atoms with E-state index in [2.05, 4.69) is 38.4 Å². The maximum Gasteiger partial charge on any atom is 0.265 e. The summed E-state index contributed by atoms with van der Waals surface area (Å²) in [6.07, 6.45) is 0. The molecule has 0 aliphatic rings. The molecule has 21 heavy (non-hydrogen) atoms. The molecule has 0 unspecified atom stereocenters. The average Bonchev–Trinajstić information content (AvgIpc) is 2.49. The van der Waals surface area contributed by atoms with Crippen LogP contribution in [0.3, 0.4) is 0 Å². The number of carbonyl (C=O) groups excluding carboxylic acids is 1. The lowest BCUT2D eigenvalue weighted by molar-refractivity contribution is 0.0952. The SMILES string of the molecule is CN(Cc1ccc(Br)cc1)Cc1ccccc1C(=O)NN. The van der Waals surface area contributed by atoms with Crippen LogP contribution < -0.4 is 11.3 Å². The molecule has 0 saturated carbocycles. The highest BCUT2D eigenvalue weighted by molar-refractivity contribution is 9.10. The van der Waals surface area contributed by atoms with Gasteiger partial charge < -0.3 is 0 Å². The molecule has 2 aromatic rings. The van der Waals surface area contributed by atoms with Crippen molar-refractivity contribution in [3.63, 3.8) is 0 Å². The van der Waals surface area contributed by atoms with Gasteiger partial charge in [0.15, 0.2) is 0 Å². The maximum absolute atomic E-state index is 11.8. The lowest BCUT2D eigenvalue weighted by atomic mass is 10.1. The largest absolute Gasteiger partial charge is 0.298 e. The fourth-order valence-electron chi connectivity index (χ4n) is 2.21. The summed E-state index contributed by atoms with van der Waals surface area (Å²) in [4.78, 5) is 13.9. The third-order valence-electron chi connectivity index (χ3n) is 3.20. The summed E-state index contributed by atoms with van der Waals surface area (Å²) in [5.41, 5.74) is 4.98. The summed E-state index contributed by atoms with van der Waals surface area (Å²) in [6.45, 7) is 1.49. The second kappa shape index (κ2) is 7.36. The van der Waals surface area contributed by atoms with Crippen molar-refractivity contribution in [1.29, 1.82) is 0 Å². The number of nitrogens with two attached hydrogens (primary N) is 1. The third kappa shape index (κ3) is 4.39. The first kappa shape index (κ1) is 15.7. The minimum Gasteiger partial charge on any atom is -0.298 e. The summed E-state index contributed by atoms with van der Waals surface area (Å²) >= 11 is 3.43. The van der Waals surface area contributed by atoms with Crippen LogP contribution in [0.15, 0.2) is 53.0 Å². The van der Waals surface area contributed by atoms with Crippen LogP contribution in [0.4, 0.5) is 0 Å². The van der Waals surface area contributed by atoms with Gasteiger partial charge >= 0.3 is 0 Å². The van der Waals surface area contributed by atoms with Gasteiger partial charge in [0.2, 0.25) is 0 Å². The first-order chi connectivity index (χ1) is 10.1. The highest BCUT2D eigenvalue weighted by Crippen LogP contribution is 2.15. The van der Waals surface area contributed by atoms with E-state index in [0.717, 1.165) is 16.6 Å². The summed E-state index contributed by atoms with van der Waals surface area (Å²) < 4.78 is 1.07. The van der Waals surface area contributed by atoms with Crippen molar-refractivity contribution in [2.75, 3.05) is 7.05 Å². The quantitative estimate of drug-likeness (QED) is 0.496. The van der Waals surface area contributed by atoms with Crippen LogP contribution in [-0.2, 0) is 13.1 Å². The van der Waals surface area contributed by atoms with Gasteiger partial charge in [-0.1, -0.05) is 46.3 Å². The third-order valence-corrected chi connectivity index (χ3v) is 3.73. The molecule has 4 nitrogen and oxygen atoms in total. The van der Waals surface area contributed by atoms with Crippen LogP contribution in [-0.4, -0.2) is 17.9 Å². The Kier molecular flexibility index (Phi) is 5.50. The Morgan fingerprint density at radius 1 is 1.14 bits per heavy atom. The molecule has 0 aromatic heterocycles. The Bertz CT molecular complexity index is 613. The van der Waals surface area contributed by atoms with Gasteiger partial charge in [0, 0.05) is 23.1 Å². The van der Waals surface area contributed by atoms with Crippen molar-refractivity contribution in [2.45, 2.75) is 13.1 Å². The van der Waals surface area contributed by atoms with E-state index in [1.807, 2.05) is 37.4 Å². The Hall–Kier alpha value is -1.69. The van der Waals surface area contributed by atoms with Crippen molar-refractivity contribution in [3.05, 3.63) is 69.7 Å². The van der Waals surface area contributed by atoms with Crippen LogP contribution >= 0.6 is 15.9 Å². The Morgan fingerprint density at radius 3 is 2.48 bits per heavy atom. The number of nitrogens with one attached hydrogen (secondary N) is 1. The number of carbonyl (C=O) groups is 1. The topological polar surface area (TPSA) is 58.4 Å². The predicted molar refractivity (Wildman–Crippen MR) is 87.4 cm³/mol. The number of hydrazine groups is 1. The lowest BCUT2D eigenvalue weighted by Gasteiger charge is -2.18. The number of rotatable bonds is 5. The van der Waals surface area contributed by atoms with Crippen molar-refractivity contribution in [2.24, 2.45) is 5.84 Å². The molecule has 0 atom stereocenters. The van der Waals surface area contributed by atoms with Crippen LogP contribution in [0, 0.1) is 0 Å². The van der Waals surface area contributed by atoms with Crippen molar-refractivity contribution in [3.8, 4) is 0 Å². The van der Waals surface area contributed by atoms with E-state index in [1.54, 1.807) is 6.07 Å². The van der Waals surface area contributed by atoms with E-state index < -0.39 is 0 Å². The normalized spacial score (nSPS) is 10.7. The van der Waals surface area contributed by atoms with Crippen molar-refractivity contribution < 1.29 is 4.79 Å². The molecule has 0 saturated heterocycles. The van der Waals surface area contributed by atoms with Gasteiger partial charge in [-0.05, 0) is 36.4 Å². The van der Waals surface area contributed by atoms with Crippen LogP contribution in [0.25, 0.3) is 0 Å². The highest BCUT2D eigenvalue weighted by atomic mass is 79.9. The van der Waals surface area contributed by atoms with E-state index in [-0.39, 0.29) is 5.91 Å². The maximum atomic E-state index is 11.8. The standard InChI is InChI=1S/C16H18BrN3O/c1-20(10-12-6-8-14(17)9-7-12)11-13-4-2-3-5-15(13)16(21)19-18/h2-9H,10-11,18H2,1H3,(H,19,21). The molecule has 0 fully saturated rings. The molecule has 1 amide bonds. The Morgan fingerprint density at radius 2 is 1.81 bits per heavy atom. The molecule has 0 radical (unpaired) electrons. The average molecular weight is 348 g/mol. The summed E-state index contributed by atoms with van der Waals surface area (Å²) in [5, 5.41) is 0. The van der Waals surface area contributed by atoms with E-state index >= 15 is 0 Å². The summed E-state index contributed by atoms with van der Waals surface area (Å²) in [5.74, 6) is 4.96. The minimum atomic E-state index is -0.261. The zero-order valence-electron chi connectivity index (χ0n) is 11.8. The van der Waals surface area contributed by atoms with Crippen LogP contribution in [0.1, 0.15) is 21.5 Å². The lowest BCUT2D eigenvalue weighted by Crippen LogP contribution is -2.31. The van der Waals surface area contributed by atoms with Gasteiger partial charge in [0.1, 0.15) is 0 Å². The Labute approximate surface area is 133 Å². The smallest absolute Gasteiger partial charge is 0.265 e. The molecule has 0 aliphatic carbocycles. The van der Waals surface area contributed by atoms with E-state index in [9.17, 15) is 4.79 Å². The second-order valence-corrected chi connectivity index (χ2v) is 5.85. The summed E-state index contributed by atoms with van der Waals surface area (Å²) in [7, 11) is 2.03. The first-order valence-electron chi connectivity index (χ1n) is 6.62. The molecular formula is C16H18BrN3O. The van der Waals surface area contributed by atoms with Gasteiger partial charge in [-0.25, -0.2) is 5.84 Å². The zero-order valence-corrected chi connectivity index (χ0v) is 13.4. The first-order valence-corrected chi connectivity index (χ1v) is 7.41. The molecular weight excluding hydrogens is 330 g/mol. The monoisotopic (exact) mass is 347 g/mol. The molecule has 3 N–H and O–H groups in total. The van der Waals surface area contributed by atoms with Crippen molar-refractivity contribution in [1.82, 2.24) is 10.3 Å². The molecule has 110 valence electrons. The van der Waals surface area contributed by atoms with Gasteiger partial charge in [-0.15, -0.1) is 0 Å². The Balaban J connectivity index is 2.07. The number of nitrogens with zero attached hydrogens (tertiary/aromatic N) is 1. The molecule has 2 rings (SSSR count). The van der Waals surface area contributed by atoms with Gasteiger partial charge in [-0.2, -0.15) is 0 Å². The predicted octanol–water partition coefficient (Wildman–Crippen LogP) is 2.68. The highest BCUT2D eigenvalue weighted by Gasteiger charge is 2.11. The molecule has 0 heterocycles. The number of hydrogen-bond acceptors (Lipinski definition) is 3. The molecule has 0 bridgehead atoms. The van der Waals surface area contributed by atoms with Gasteiger partial charge in [-0.3, -0.25) is 15.1 Å². The van der Waals surface area contributed by atoms with Gasteiger partial charge in [0.25, 0.3) is 5.91 Å². The molecule has 2 aromatic carbocycles. The molecule has 0 spiro atoms. The molecule has 5 heteroatoms. The number of hydrogen-bond donors (Lipinski definition) is 2. The number of benzene rings is 2. The fraction of sp³-hybridized carbons (Fsp3) is 0.188. The number of halogens is 1. The van der Waals surface area contributed by atoms with Crippen molar-refractivity contribution >= 4 is 21.8 Å².